The summed E-state index contributed by atoms with van der Waals surface area (Å²) in [4.78, 5) is 0. The van der Waals surface area contributed by atoms with Gasteiger partial charge in [-0.3, -0.25) is 0 Å². The molecule has 0 bridgehead atoms. The summed E-state index contributed by atoms with van der Waals surface area (Å²) in [5.74, 6) is 2.80. The summed E-state index contributed by atoms with van der Waals surface area (Å²) in [6.07, 6.45) is 0. The summed E-state index contributed by atoms with van der Waals surface area (Å²) in [7, 11) is 0. The highest BCUT2D eigenvalue weighted by Gasteiger charge is 2.33. The van der Waals surface area contributed by atoms with Crippen LogP contribution in [0.25, 0.3) is 0 Å². The van der Waals surface area contributed by atoms with E-state index in [1.54, 1.807) is 24.3 Å². The minimum atomic E-state index is 0.0414. The molecule has 0 saturated heterocycles. The van der Waals surface area contributed by atoms with Gasteiger partial charge >= 0.3 is 0 Å². The maximum Gasteiger partial charge on any atom is 0.127 e. The number of aromatic hydroxyl groups is 2. The third-order valence-corrected chi connectivity index (χ3v) is 5.69. The Bertz CT molecular complexity index is 1170. The molecule has 2 atom stereocenters. The highest BCUT2D eigenvalue weighted by atomic mass is 16.5. The highest BCUT2D eigenvalue weighted by molar-refractivity contribution is 5.51. The summed E-state index contributed by atoms with van der Waals surface area (Å²) in [6.45, 7) is 0.480. The van der Waals surface area contributed by atoms with Crippen molar-refractivity contribution in [3.8, 4) is 28.7 Å². The Morgan fingerprint density at radius 1 is 0.677 bits per heavy atom. The van der Waals surface area contributed by atoms with Gasteiger partial charge in [-0.15, -0.1) is 0 Å². The van der Waals surface area contributed by atoms with Gasteiger partial charge in [-0.25, -0.2) is 0 Å². The smallest absolute Gasteiger partial charge is 0.127 e. The van der Waals surface area contributed by atoms with Crippen LogP contribution in [0.4, 0.5) is 0 Å². The largest absolute Gasteiger partial charge is 0.508 e. The van der Waals surface area contributed by atoms with E-state index in [0.29, 0.717) is 12.4 Å². The van der Waals surface area contributed by atoms with Crippen LogP contribution in [0.2, 0.25) is 0 Å². The molecule has 154 valence electrons. The average Bonchev–Trinajstić information content (AvgIpc) is 2.80. The van der Waals surface area contributed by atoms with Gasteiger partial charge in [-0.05, 0) is 53.6 Å². The van der Waals surface area contributed by atoms with E-state index in [1.807, 2.05) is 60.7 Å². The van der Waals surface area contributed by atoms with E-state index < -0.39 is 0 Å². The van der Waals surface area contributed by atoms with Crippen LogP contribution in [0.1, 0.15) is 28.5 Å². The number of ether oxygens (including phenoxy) is 2. The van der Waals surface area contributed by atoms with E-state index in [-0.39, 0.29) is 23.3 Å². The van der Waals surface area contributed by atoms with E-state index in [1.165, 1.54) is 0 Å². The van der Waals surface area contributed by atoms with Crippen LogP contribution in [-0.4, -0.2) is 16.8 Å². The van der Waals surface area contributed by atoms with E-state index in [0.717, 1.165) is 28.2 Å². The zero-order valence-electron chi connectivity index (χ0n) is 16.8. The van der Waals surface area contributed by atoms with Crippen LogP contribution < -0.4 is 9.47 Å². The molecule has 0 spiro atoms. The molecule has 0 aliphatic carbocycles. The van der Waals surface area contributed by atoms with Gasteiger partial charge in [-0.2, -0.15) is 0 Å². The number of hydrogen-bond acceptors (Lipinski definition) is 4. The van der Waals surface area contributed by atoms with Crippen molar-refractivity contribution >= 4 is 0 Å². The molecule has 2 N–H and O–H groups in total. The van der Waals surface area contributed by atoms with Crippen LogP contribution in [0.15, 0.2) is 97.1 Å². The minimum Gasteiger partial charge on any atom is -0.508 e. The van der Waals surface area contributed by atoms with Gasteiger partial charge in [-0.1, -0.05) is 48.5 Å². The van der Waals surface area contributed by atoms with Crippen molar-refractivity contribution in [3.05, 3.63) is 114 Å². The molecule has 4 aromatic carbocycles. The van der Waals surface area contributed by atoms with Crippen molar-refractivity contribution in [2.45, 2.75) is 11.8 Å². The van der Waals surface area contributed by atoms with Gasteiger partial charge in [0, 0.05) is 23.5 Å². The third-order valence-electron chi connectivity index (χ3n) is 5.69. The second-order valence-corrected chi connectivity index (χ2v) is 7.69. The summed E-state index contributed by atoms with van der Waals surface area (Å²) < 4.78 is 12.0. The summed E-state index contributed by atoms with van der Waals surface area (Å²) in [5, 5.41) is 19.6. The van der Waals surface area contributed by atoms with Crippen molar-refractivity contribution in [1.82, 2.24) is 0 Å². The fourth-order valence-electron chi connectivity index (χ4n) is 4.19. The molecule has 31 heavy (non-hydrogen) atoms. The molecule has 0 amide bonds. The molecule has 4 nitrogen and oxygen atoms in total. The Kier molecular flexibility index (Phi) is 4.97. The van der Waals surface area contributed by atoms with Crippen molar-refractivity contribution in [2.24, 2.45) is 0 Å². The molecular weight excluding hydrogens is 388 g/mol. The van der Waals surface area contributed by atoms with Gasteiger partial charge in [0.15, 0.2) is 0 Å². The van der Waals surface area contributed by atoms with Gasteiger partial charge in [0.05, 0.1) is 6.61 Å². The molecule has 5 rings (SSSR count). The van der Waals surface area contributed by atoms with Crippen LogP contribution in [0.3, 0.4) is 0 Å². The van der Waals surface area contributed by atoms with E-state index in [9.17, 15) is 10.2 Å². The van der Waals surface area contributed by atoms with Gasteiger partial charge in [0.25, 0.3) is 0 Å². The van der Waals surface area contributed by atoms with Gasteiger partial charge in [0.2, 0.25) is 0 Å². The molecule has 1 heterocycles. The minimum absolute atomic E-state index is 0.0414. The number of phenolic OH excluding ortho intramolecular Hbond substituents is 2. The van der Waals surface area contributed by atoms with Crippen LogP contribution in [-0.2, 0) is 0 Å². The van der Waals surface area contributed by atoms with Crippen LogP contribution >= 0.6 is 0 Å². The van der Waals surface area contributed by atoms with Crippen molar-refractivity contribution in [2.75, 3.05) is 6.61 Å². The first-order valence-electron chi connectivity index (χ1n) is 10.2. The molecule has 0 aromatic heterocycles. The quantitative estimate of drug-likeness (QED) is 0.421. The summed E-state index contributed by atoms with van der Waals surface area (Å²) in [5.41, 5.74) is 3.25. The normalized spacial score (nSPS) is 17.4. The molecule has 1 aliphatic rings. The second-order valence-electron chi connectivity index (χ2n) is 7.69. The first-order chi connectivity index (χ1) is 15.2. The molecule has 1 aliphatic heterocycles. The number of phenols is 2. The first-order valence-corrected chi connectivity index (χ1v) is 10.2. The fourth-order valence-corrected chi connectivity index (χ4v) is 4.19. The monoisotopic (exact) mass is 410 g/mol. The van der Waals surface area contributed by atoms with Crippen LogP contribution in [0.5, 0.6) is 28.7 Å². The number of fused-ring (bicyclic) bond motifs is 1. The van der Waals surface area contributed by atoms with Crippen molar-refractivity contribution < 1.29 is 19.7 Å². The average molecular weight is 410 g/mol. The molecule has 0 saturated carbocycles. The van der Waals surface area contributed by atoms with E-state index in [4.69, 9.17) is 9.47 Å². The second kappa shape index (κ2) is 8.07. The maximum absolute atomic E-state index is 9.91. The standard InChI is InChI=1S/C27H22O4/c28-20-10-6-18(7-11-20)25-17-30-26-16-21(29)12-15-24(26)27(25)19-8-13-23(14-9-19)31-22-4-2-1-3-5-22/h1-16,25,27-29H,17H2/t25-,27-/m0/s1. The molecule has 0 radical (unpaired) electrons. The molecule has 0 unspecified atom stereocenters. The third kappa shape index (κ3) is 3.92. The molecular formula is C27H22O4. The molecule has 4 heteroatoms. The topological polar surface area (TPSA) is 58.9 Å². The lowest BCUT2D eigenvalue weighted by Gasteiger charge is -2.34. The van der Waals surface area contributed by atoms with E-state index >= 15 is 0 Å². The Morgan fingerprint density at radius 3 is 2.06 bits per heavy atom. The maximum atomic E-state index is 9.91. The zero-order chi connectivity index (χ0) is 21.2. The number of para-hydroxylation sites is 1. The Hall–Kier alpha value is -3.92. The SMILES string of the molecule is Oc1ccc([C@@H]2COc3cc(O)ccc3[C@@H]2c2ccc(Oc3ccccc3)cc2)cc1. The zero-order valence-corrected chi connectivity index (χ0v) is 16.8. The lowest BCUT2D eigenvalue weighted by molar-refractivity contribution is 0.247. The Labute approximate surface area is 181 Å². The lowest BCUT2D eigenvalue weighted by atomic mass is 9.76. The van der Waals surface area contributed by atoms with Crippen molar-refractivity contribution in [1.29, 1.82) is 0 Å². The Balaban J connectivity index is 1.52. The fraction of sp³-hybridized carbons (Fsp3) is 0.111. The van der Waals surface area contributed by atoms with Crippen LogP contribution in [0, 0.1) is 0 Å². The number of rotatable bonds is 4. The Morgan fingerprint density at radius 2 is 1.32 bits per heavy atom. The summed E-state index contributed by atoms with van der Waals surface area (Å²) >= 11 is 0. The van der Waals surface area contributed by atoms with Gasteiger partial charge < -0.3 is 19.7 Å². The molecule has 4 aromatic rings. The predicted octanol–water partition coefficient (Wildman–Crippen LogP) is 6.20. The predicted molar refractivity (Wildman–Crippen MR) is 119 cm³/mol. The molecule has 0 fully saturated rings. The summed E-state index contributed by atoms with van der Waals surface area (Å²) in [6, 6.07) is 30.4. The van der Waals surface area contributed by atoms with Crippen molar-refractivity contribution in [3.63, 3.8) is 0 Å². The lowest BCUT2D eigenvalue weighted by Crippen LogP contribution is -2.25. The first kappa shape index (κ1) is 19.1. The number of hydrogen-bond donors (Lipinski definition) is 2. The highest BCUT2D eigenvalue weighted by Crippen LogP contribution is 2.47. The number of benzene rings is 4. The van der Waals surface area contributed by atoms with E-state index in [2.05, 4.69) is 12.1 Å². The van der Waals surface area contributed by atoms with Gasteiger partial charge in [0.1, 0.15) is 28.7 Å².